The van der Waals surface area contributed by atoms with Crippen LogP contribution in [0.25, 0.3) is 5.73 Å². The van der Waals surface area contributed by atoms with Crippen LogP contribution < -0.4 is 5.32 Å². The number of rotatable bonds is 4. The molecule has 1 aromatic carbocycles. The van der Waals surface area contributed by atoms with Crippen LogP contribution in [0.3, 0.4) is 0 Å². The Bertz CT molecular complexity index is 308. The van der Waals surface area contributed by atoms with Gasteiger partial charge in [-0.3, -0.25) is 4.79 Å². The SMILES string of the molecule is CNC(Cc1ccc([NH-])cc1)C(=O)O. The van der Waals surface area contributed by atoms with Gasteiger partial charge in [0.2, 0.25) is 0 Å². The second-order valence-corrected chi connectivity index (χ2v) is 3.08. The largest absolute Gasteiger partial charge is 0.699 e. The fourth-order valence-corrected chi connectivity index (χ4v) is 1.19. The van der Waals surface area contributed by atoms with E-state index in [9.17, 15) is 4.79 Å². The van der Waals surface area contributed by atoms with Crippen molar-refractivity contribution in [2.24, 2.45) is 0 Å². The molecule has 0 bridgehead atoms. The van der Waals surface area contributed by atoms with E-state index >= 15 is 0 Å². The smallest absolute Gasteiger partial charge is 0.321 e. The summed E-state index contributed by atoms with van der Waals surface area (Å²) in [6.07, 6.45) is 0.437. The molecule has 1 unspecified atom stereocenters. The number of aliphatic carboxylic acids is 1. The molecular formula is C10H13N2O2-. The first-order valence-electron chi connectivity index (χ1n) is 4.34. The molecule has 1 rings (SSSR count). The van der Waals surface area contributed by atoms with Crippen molar-refractivity contribution in [2.45, 2.75) is 12.5 Å². The van der Waals surface area contributed by atoms with Crippen molar-refractivity contribution in [3.05, 3.63) is 35.6 Å². The molecule has 0 aliphatic carbocycles. The third-order valence-corrected chi connectivity index (χ3v) is 2.04. The minimum Gasteiger partial charge on any atom is -0.699 e. The zero-order valence-corrected chi connectivity index (χ0v) is 7.95. The number of carboxylic acid groups (broad SMARTS) is 1. The average Bonchev–Trinajstić information content (AvgIpc) is 2.16. The Balaban J connectivity index is 2.67. The first-order valence-corrected chi connectivity index (χ1v) is 4.34. The van der Waals surface area contributed by atoms with Crippen molar-refractivity contribution in [1.29, 1.82) is 0 Å². The van der Waals surface area contributed by atoms with Gasteiger partial charge in [0.15, 0.2) is 0 Å². The van der Waals surface area contributed by atoms with Crippen molar-refractivity contribution in [3.8, 4) is 0 Å². The van der Waals surface area contributed by atoms with E-state index in [1.54, 1.807) is 31.3 Å². The summed E-state index contributed by atoms with van der Waals surface area (Å²) < 4.78 is 0. The molecule has 4 heteroatoms. The van der Waals surface area contributed by atoms with E-state index in [1.807, 2.05) is 0 Å². The second-order valence-electron chi connectivity index (χ2n) is 3.08. The maximum atomic E-state index is 10.7. The van der Waals surface area contributed by atoms with Crippen LogP contribution in [0.15, 0.2) is 24.3 Å². The van der Waals surface area contributed by atoms with Crippen LogP contribution in [0.5, 0.6) is 0 Å². The van der Waals surface area contributed by atoms with Crippen molar-refractivity contribution < 1.29 is 9.90 Å². The lowest BCUT2D eigenvalue weighted by Gasteiger charge is -2.11. The molecule has 0 radical (unpaired) electrons. The lowest BCUT2D eigenvalue weighted by atomic mass is 10.1. The van der Waals surface area contributed by atoms with Crippen LogP contribution in [0.1, 0.15) is 5.56 Å². The summed E-state index contributed by atoms with van der Waals surface area (Å²) in [5.41, 5.74) is 8.63. The van der Waals surface area contributed by atoms with E-state index in [0.29, 0.717) is 12.1 Å². The minimum atomic E-state index is -0.859. The van der Waals surface area contributed by atoms with E-state index in [4.69, 9.17) is 10.8 Å². The zero-order chi connectivity index (χ0) is 10.6. The molecule has 3 N–H and O–H groups in total. The van der Waals surface area contributed by atoms with Crippen molar-refractivity contribution >= 4 is 11.7 Å². The van der Waals surface area contributed by atoms with Gasteiger partial charge in [0.1, 0.15) is 6.04 Å². The molecule has 1 atom stereocenters. The first-order chi connectivity index (χ1) is 6.63. The highest BCUT2D eigenvalue weighted by molar-refractivity contribution is 5.73. The number of hydrogen-bond donors (Lipinski definition) is 2. The van der Waals surface area contributed by atoms with E-state index in [2.05, 4.69) is 5.32 Å². The highest BCUT2D eigenvalue weighted by Crippen LogP contribution is 2.12. The number of nitrogens with one attached hydrogen (secondary N) is 2. The number of likely N-dealkylation sites (N-methyl/N-ethyl adjacent to an activating group) is 1. The van der Waals surface area contributed by atoms with Gasteiger partial charge >= 0.3 is 5.97 Å². The van der Waals surface area contributed by atoms with Gasteiger partial charge in [-0.05, 0) is 19.0 Å². The molecule has 1 aromatic rings. The van der Waals surface area contributed by atoms with Gasteiger partial charge in [-0.2, -0.15) is 0 Å². The molecule has 0 heterocycles. The van der Waals surface area contributed by atoms with E-state index in [-0.39, 0.29) is 0 Å². The lowest BCUT2D eigenvalue weighted by molar-refractivity contribution is -0.139. The predicted molar refractivity (Wildman–Crippen MR) is 54.6 cm³/mol. The second kappa shape index (κ2) is 4.62. The van der Waals surface area contributed by atoms with Crippen molar-refractivity contribution in [3.63, 3.8) is 0 Å². The molecule has 76 valence electrons. The molecule has 0 aliphatic rings. The number of carbonyl (C=O) groups is 1. The molecule has 4 nitrogen and oxygen atoms in total. The highest BCUT2D eigenvalue weighted by atomic mass is 16.4. The molecule has 0 aromatic heterocycles. The van der Waals surface area contributed by atoms with Gasteiger partial charge in [0.25, 0.3) is 0 Å². The van der Waals surface area contributed by atoms with E-state index < -0.39 is 12.0 Å². The maximum absolute atomic E-state index is 10.7. The van der Waals surface area contributed by atoms with Gasteiger partial charge in [-0.15, -0.1) is 5.69 Å². The van der Waals surface area contributed by atoms with Crippen molar-refractivity contribution in [1.82, 2.24) is 5.32 Å². The van der Waals surface area contributed by atoms with Gasteiger partial charge in [0, 0.05) is 0 Å². The Hall–Kier alpha value is -1.55. The normalized spacial score (nSPS) is 12.4. The Morgan fingerprint density at radius 1 is 1.50 bits per heavy atom. The van der Waals surface area contributed by atoms with Gasteiger partial charge < -0.3 is 16.2 Å². The summed E-state index contributed by atoms with van der Waals surface area (Å²) in [7, 11) is 1.62. The van der Waals surface area contributed by atoms with Crippen LogP contribution in [-0.2, 0) is 11.2 Å². The fourth-order valence-electron chi connectivity index (χ4n) is 1.19. The predicted octanol–water partition coefficient (Wildman–Crippen LogP) is 1.59. The summed E-state index contributed by atoms with van der Waals surface area (Å²) in [6, 6.07) is 6.30. The Labute approximate surface area is 82.7 Å². The Morgan fingerprint density at radius 3 is 2.50 bits per heavy atom. The average molecular weight is 193 g/mol. The van der Waals surface area contributed by atoms with Crippen LogP contribution in [0.2, 0.25) is 0 Å². The number of hydrogen-bond acceptors (Lipinski definition) is 2. The standard InChI is InChI=1S/C10H13N2O2/c1-12-9(10(13)14)6-7-2-4-8(11)5-3-7/h2-5,9,11-12H,6H2,1H3,(H,13,14)/q-1. The minimum absolute atomic E-state index is 0.435. The molecule has 14 heavy (non-hydrogen) atoms. The van der Waals surface area contributed by atoms with Gasteiger partial charge in [0.05, 0.1) is 0 Å². The monoisotopic (exact) mass is 193 g/mol. The van der Waals surface area contributed by atoms with Gasteiger partial charge in [-0.1, -0.05) is 24.3 Å². The molecule has 0 fully saturated rings. The molecule has 0 saturated heterocycles. The number of carboxylic acids is 1. The number of benzene rings is 1. The van der Waals surface area contributed by atoms with Crippen LogP contribution >= 0.6 is 0 Å². The highest BCUT2D eigenvalue weighted by Gasteiger charge is 2.14. The van der Waals surface area contributed by atoms with Crippen LogP contribution in [0, 0.1) is 0 Å². The third kappa shape index (κ3) is 2.74. The fraction of sp³-hybridized carbons (Fsp3) is 0.300. The Morgan fingerprint density at radius 2 is 2.07 bits per heavy atom. The zero-order valence-electron chi connectivity index (χ0n) is 7.95. The molecule has 0 spiro atoms. The van der Waals surface area contributed by atoms with Crippen molar-refractivity contribution in [2.75, 3.05) is 7.05 Å². The molecular weight excluding hydrogens is 180 g/mol. The van der Waals surface area contributed by atoms with E-state index in [1.165, 1.54) is 0 Å². The summed E-state index contributed by atoms with van der Waals surface area (Å²) in [4.78, 5) is 10.7. The quantitative estimate of drug-likeness (QED) is 0.762. The van der Waals surface area contributed by atoms with E-state index in [0.717, 1.165) is 5.56 Å². The lowest BCUT2D eigenvalue weighted by Crippen LogP contribution is -2.35. The van der Waals surface area contributed by atoms with Crippen LogP contribution in [0.4, 0.5) is 5.69 Å². The molecule has 0 saturated carbocycles. The third-order valence-electron chi connectivity index (χ3n) is 2.04. The van der Waals surface area contributed by atoms with Gasteiger partial charge in [-0.25, -0.2) is 0 Å². The molecule has 0 aliphatic heterocycles. The van der Waals surface area contributed by atoms with Crippen LogP contribution in [-0.4, -0.2) is 24.2 Å². The topological polar surface area (TPSA) is 73.1 Å². The summed E-state index contributed by atoms with van der Waals surface area (Å²) >= 11 is 0. The summed E-state index contributed by atoms with van der Waals surface area (Å²) in [5, 5.41) is 11.5. The molecule has 0 amide bonds. The first kappa shape index (κ1) is 10.5. The maximum Gasteiger partial charge on any atom is 0.321 e. The Kier molecular flexibility index (Phi) is 3.48. The summed E-state index contributed by atoms with van der Waals surface area (Å²) in [5.74, 6) is -0.859. The summed E-state index contributed by atoms with van der Waals surface area (Å²) in [6.45, 7) is 0.